The van der Waals surface area contributed by atoms with Crippen LogP contribution in [0.5, 0.6) is 34.5 Å². The molecule has 0 aliphatic heterocycles. The molecule has 7 heteroatoms. The van der Waals surface area contributed by atoms with Gasteiger partial charge in [0.2, 0.25) is 9.84 Å². The standard InChI is InChI=1S/C24H18O6S/c25-17-9-13-19(14-10-17)29-22-7-4-8-23(31(27,28)21-5-2-1-3-6-21)24(22)30-20-15-11-18(26)12-16-20/h1-16,25-26H. The molecule has 0 amide bonds. The molecule has 0 aliphatic rings. The highest BCUT2D eigenvalue weighted by molar-refractivity contribution is 7.91. The van der Waals surface area contributed by atoms with E-state index in [-0.39, 0.29) is 32.8 Å². The number of aromatic hydroxyl groups is 2. The summed E-state index contributed by atoms with van der Waals surface area (Å²) in [4.78, 5) is 0.0513. The molecule has 0 bridgehead atoms. The van der Waals surface area contributed by atoms with E-state index in [2.05, 4.69) is 0 Å². The van der Waals surface area contributed by atoms with E-state index in [9.17, 15) is 18.6 Å². The number of phenolic OH excluding ortho intramolecular Hbond substituents is 2. The second-order valence-electron chi connectivity index (χ2n) is 6.59. The number of phenols is 2. The Kier molecular flexibility index (Phi) is 5.51. The van der Waals surface area contributed by atoms with E-state index in [1.165, 1.54) is 54.6 Å². The molecular formula is C24H18O6S. The minimum Gasteiger partial charge on any atom is -0.508 e. The Labute approximate surface area is 179 Å². The third-order valence-electron chi connectivity index (χ3n) is 4.41. The van der Waals surface area contributed by atoms with E-state index >= 15 is 0 Å². The maximum absolute atomic E-state index is 13.3. The molecule has 4 aromatic rings. The fourth-order valence-corrected chi connectivity index (χ4v) is 4.30. The van der Waals surface area contributed by atoms with Crippen molar-refractivity contribution < 1.29 is 28.1 Å². The van der Waals surface area contributed by atoms with Crippen LogP contribution in [0.1, 0.15) is 0 Å². The summed E-state index contributed by atoms with van der Waals surface area (Å²) >= 11 is 0. The lowest BCUT2D eigenvalue weighted by molar-refractivity contribution is 0.406. The number of para-hydroxylation sites is 1. The predicted molar refractivity (Wildman–Crippen MR) is 115 cm³/mol. The average Bonchev–Trinajstić information content (AvgIpc) is 2.78. The maximum atomic E-state index is 13.3. The largest absolute Gasteiger partial charge is 0.508 e. The van der Waals surface area contributed by atoms with Crippen LogP contribution in [0, 0.1) is 0 Å². The van der Waals surface area contributed by atoms with Gasteiger partial charge >= 0.3 is 0 Å². The van der Waals surface area contributed by atoms with Gasteiger partial charge in [0, 0.05) is 0 Å². The molecule has 4 rings (SSSR count). The smallest absolute Gasteiger partial charge is 0.210 e. The van der Waals surface area contributed by atoms with Crippen LogP contribution in [0.25, 0.3) is 0 Å². The summed E-state index contributed by atoms with van der Waals surface area (Å²) < 4.78 is 38.5. The van der Waals surface area contributed by atoms with E-state index in [1.54, 1.807) is 42.5 Å². The van der Waals surface area contributed by atoms with Gasteiger partial charge in [-0.3, -0.25) is 0 Å². The van der Waals surface area contributed by atoms with Crippen molar-refractivity contribution in [2.45, 2.75) is 9.79 Å². The van der Waals surface area contributed by atoms with Crippen molar-refractivity contribution in [3.05, 3.63) is 97.1 Å². The zero-order valence-corrected chi connectivity index (χ0v) is 17.0. The average molecular weight is 434 g/mol. The molecule has 0 aromatic heterocycles. The van der Waals surface area contributed by atoms with Crippen molar-refractivity contribution in [1.29, 1.82) is 0 Å². The first-order valence-corrected chi connectivity index (χ1v) is 10.8. The molecule has 6 nitrogen and oxygen atoms in total. The Hall–Kier alpha value is -3.97. The zero-order valence-electron chi connectivity index (χ0n) is 16.2. The molecule has 0 saturated heterocycles. The van der Waals surface area contributed by atoms with Gasteiger partial charge in [-0.05, 0) is 72.8 Å². The Morgan fingerprint density at radius 1 is 0.581 bits per heavy atom. The Balaban J connectivity index is 1.84. The van der Waals surface area contributed by atoms with Crippen molar-refractivity contribution in [3.63, 3.8) is 0 Å². The minimum atomic E-state index is -3.91. The monoisotopic (exact) mass is 434 g/mol. The van der Waals surface area contributed by atoms with Gasteiger partial charge < -0.3 is 19.7 Å². The van der Waals surface area contributed by atoms with Gasteiger partial charge in [-0.25, -0.2) is 8.42 Å². The summed E-state index contributed by atoms with van der Waals surface area (Å²) in [6, 6.07) is 24.6. The van der Waals surface area contributed by atoms with Crippen LogP contribution in [0.15, 0.2) is 107 Å². The van der Waals surface area contributed by atoms with Crippen LogP contribution in [-0.4, -0.2) is 18.6 Å². The van der Waals surface area contributed by atoms with Crippen LogP contribution < -0.4 is 9.47 Å². The van der Waals surface area contributed by atoms with Gasteiger partial charge in [-0.2, -0.15) is 0 Å². The van der Waals surface area contributed by atoms with E-state index in [0.717, 1.165) is 0 Å². The van der Waals surface area contributed by atoms with Gasteiger partial charge in [0.1, 0.15) is 27.9 Å². The number of sulfone groups is 1. The normalized spacial score (nSPS) is 11.1. The van der Waals surface area contributed by atoms with E-state index in [4.69, 9.17) is 9.47 Å². The molecule has 0 spiro atoms. The molecule has 156 valence electrons. The molecule has 2 N–H and O–H groups in total. The number of benzene rings is 4. The fourth-order valence-electron chi connectivity index (χ4n) is 2.89. The maximum Gasteiger partial charge on any atom is 0.210 e. The fraction of sp³-hybridized carbons (Fsp3) is 0. The Morgan fingerprint density at radius 3 is 1.71 bits per heavy atom. The summed E-state index contributed by atoms with van der Waals surface area (Å²) in [5.74, 6) is 1.03. The zero-order chi connectivity index (χ0) is 21.8. The third kappa shape index (κ3) is 4.46. The summed E-state index contributed by atoms with van der Waals surface area (Å²) in [5.41, 5.74) is 0. The highest BCUT2D eigenvalue weighted by Gasteiger charge is 2.26. The molecule has 31 heavy (non-hydrogen) atoms. The van der Waals surface area contributed by atoms with Crippen LogP contribution in [-0.2, 0) is 9.84 Å². The van der Waals surface area contributed by atoms with Crippen molar-refractivity contribution in [1.82, 2.24) is 0 Å². The summed E-state index contributed by atoms with van der Waals surface area (Å²) in [6.45, 7) is 0. The Morgan fingerprint density at radius 2 is 1.13 bits per heavy atom. The summed E-state index contributed by atoms with van der Waals surface area (Å²) in [7, 11) is -3.91. The molecular weight excluding hydrogens is 416 g/mol. The quantitative estimate of drug-likeness (QED) is 0.415. The van der Waals surface area contributed by atoms with Crippen molar-refractivity contribution >= 4 is 9.84 Å². The summed E-state index contributed by atoms with van der Waals surface area (Å²) in [6.07, 6.45) is 0. The van der Waals surface area contributed by atoms with Crippen LogP contribution >= 0.6 is 0 Å². The minimum absolute atomic E-state index is 0.00474. The predicted octanol–water partition coefficient (Wildman–Crippen LogP) is 5.52. The topological polar surface area (TPSA) is 93.1 Å². The lowest BCUT2D eigenvalue weighted by Gasteiger charge is -2.16. The number of hydrogen-bond donors (Lipinski definition) is 2. The first-order valence-electron chi connectivity index (χ1n) is 9.30. The van der Waals surface area contributed by atoms with Crippen molar-refractivity contribution in [2.75, 3.05) is 0 Å². The van der Waals surface area contributed by atoms with Crippen LogP contribution in [0.2, 0.25) is 0 Å². The molecule has 0 radical (unpaired) electrons. The first kappa shape index (κ1) is 20.3. The van der Waals surface area contributed by atoms with Crippen LogP contribution in [0.3, 0.4) is 0 Å². The van der Waals surface area contributed by atoms with Gasteiger partial charge in [-0.15, -0.1) is 0 Å². The first-order chi connectivity index (χ1) is 14.9. The molecule has 4 aromatic carbocycles. The lowest BCUT2D eigenvalue weighted by atomic mass is 10.3. The summed E-state index contributed by atoms with van der Waals surface area (Å²) in [5, 5.41) is 19.0. The second-order valence-corrected chi connectivity index (χ2v) is 8.51. The highest BCUT2D eigenvalue weighted by atomic mass is 32.2. The van der Waals surface area contributed by atoms with E-state index < -0.39 is 9.84 Å². The van der Waals surface area contributed by atoms with Gasteiger partial charge in [0.05, 0.1) is 4.90 Å². The van der Waals surface area contributed by atoms with Gasteiger partial charge in [0.25, 0.3) is 0 Å². The molecule has 0 atom stereocenters. The van der Waals surface area contributed by atoms with E-state index in [1.807, 2.05) is 0 Å². The van der Waals surface area contributed by atoms with Crippen molar-refractivity contribution in [2.24, 2.45) is 0 Å². The molecule has 0 fully saturated rings. The van der Waals surface area contributed by atoms with E-state index in [0.29, 0.717) is 11.5 Å². The molecule has 0 saturated carbocycles. The SMILES string of the molecule is O=S(=O)(c1ccccc1)c1cccc(Oc2ccc(O)cc2)c1Oc1ccc(O)cc1. The molecule has 0 heterocycles. The second kappa shape index (κ2) is 8.41. The highest BCUT2D eigenvalue weighted by Crippen LogP contribution is 2.42. The number of rotatable bonds is 6. The van der Waals surface area contributed by atoms with Gasteiger partial charge in [0.15, 0.2) is 11.5 Å². The number of ether oxygens (including phenoxy) is 2. The number of hydrogen-bond acceptors (Lipinski definition) is 6. The molecule has 0 aliphatic carbocycles. The lowest BCUT2D eigenvalue weighted by Crippen LogP contribution is -2.05. The van der Waals surface area contributed by atoms with Crippen molar-refractivity contribution in [3.8, 4) is 34.5 Å². The van der Waals surface area contributed by atoms with Gasteiger partial charge in [-0.1, -0.05) is 24.3 Å². The molecule has 0 unspecified atom stereocenters. The third-order valence-corrected chi connectivity index (χ3v) is 6.20. The van der Waals surface area contributed by atoms with Crippen LogP contribution in [0.4, 0.5) is 0 Å². The Bertz CT molecular complexity index is 1280.